The molecule has 36 heavy (non-hydrogen) atoms. The number of benzene rings is 1. The SMILES string of the molecule is O=C1CN(CCCOc2ccc(C3CCC4(CC3)OOC3(O4)C4CC5CC(C4)CC3C5)cc2)CCN1. The summed E-state index contributed by atoms with van der Waals surface area (Å²) in [6.45, 7) is 3.74. The van der Waals surface area contributed by atoms with E-state index in [1.165, 1.54) is 37.7 Å². The number of nitrogens with one attached hydrogen (secondary N) is 1. The minimum absolute atomic E-state index is 0.123. The van der Waals surface area contributed by atoms with Gasteiger partial charge in [-0.25, -0.2) is 0 Å². The van der Waals surface area contributed by atoms with Crippen LogP contribution in [0.2, 0.25) is 0 Å². The molecular weight excluding hydrogens is 456 g/mol. The van der Waals surface area contributed by atoms with Crippen molar-refractivity contribution in [2.24, 2.45) is 23.7 Å². The Hall–Kier alpha value is -1.67. The molecule has 1 aromatic rings. The second kappa shape index (κ2) is 9.26. The maximum atomic E-state index is 11.5. The number of nitrogens with zero attached hydrogens (tertiary/aromatic N) is 1. The first-order valence-corrected chi connectivity index (χ1v) is 14.4. The van der Waals surface area contributed by atoms with E-state index in [2.05, 4.69) is 34.5 Å². The van der Waals surface area contributed by atoms with Crippen molar-refractivity contribution in [1.29, 1.82) is 0 Å². The zero-order valence-corrected chi connectivity index (χ0v) is 21.3. The van der Waals surface area contributed by atoms with Gasteiger partial charge in [-0.15, -0.1) is 0 Å². The van der Waals surface area contributed by atoms with Crippen LogP contribution in [0.4, 0.5) is 0 Å². The molecule has 2 saturated heterocycles. The van der Waals surface area contributed by atoms with Gasteiger partial charge in [0.1, 0.15) is 5.75 Å². The van der Waals surface area contributed by atoms with Gasteiger partial charge >= 0.3 is 0 Å². The fourth-order valence-electron chi connectivity index (χ4n) is 8.38. The van der Waals surface area contributed by atoms with Crippen LogP contribution < -0.4 is 10.1 Å². The van der Waals surface area contributed by atoms with Gasteiger partial charge in [0.2, 0.25) is 17.5 Å². The van der Waals surface area contributed by atoms with Crippen LogP contribution in [-0.4, -0.2) is 55.2 Å². The van der Waals surface area contributed by atoms with Crippen LogP contribution >= 0.6 is 0 Å². The van der Waals surface area contributed by atoms with Crippen molar-refractivity contribution in [2.45, 2.75) is 81.7 Å². The highest BCUT2D eigenvalue weighted by atomic mass is 17.3. The Labute approximate surface area is 214 Å². The van der Waals surface area contributed by atoms with E-state index in [1.54, 1.807) is 0 Å². The highest BCUT2D eigenvalue weighted by Crippen LogP contribution is 2.64. The van der Waals surface area contributed by atoms with E-state index in [0.717, 1.165) is 69.3 Å². The van der Waals surface area contributed by atoms with Gasteiger partial charge in [-0.3, -0.25) is 9.69 Å². The lowest BCUT2D eigenvalue weighted by Crippen LogP contribution is -2.59. The second-order valence-corrected chi connectivity index (χ2v) is 12.4. The molecule has 2 heterocycles. The maximum absolute atomic E-state index is 11.5. The molecule has 1 amide bonds. The number of carbonyl (C=O) groups excluding carboxylic acids is 1. The van der Waals surface area contributed by atoms with Crippen molar-refractivity contribution in [3.05, 3.63) is 29.8 Å². The molecule has 196 valence electrons. The van der Waals surface area contributed by atoms with Gasteiger partial charge in [0, 0.05) is 44.3 Å². The van der Waals surface area contributed by atoms with Crippen molar-refractivity contribution in [1.82, 2.24) is 10.2 Å². The lowest BCUT2D eigenvalue weighted by Gasteiger charge is -2.57. The third-order valence-electron chi connectivity index (χ3n) is 10.0. The van der Waals surface area contributed by atoms with Gasteiger partial charge in [0.15, 0.2) is 0 Å². The van der Waals surface area contributed by atoms with Gasteiger partial charge in [-0.1, -0.05) is 12.1 Å². The van der Waals surface area contributed by atoms with Crippen LogP contribution in [0.1, 0.15) is 75.7 Å². The standard InChI is InChI=1S/C29H40N2O5/c32-27-19-31(12-10-30-27)11-1-13-33-26-4-2-22(3-5-26)23-6-8-28(9-7-23)34-29(36-35-28)24-15-20-14-21(17-24)18-25(29)16-20/h2-5,20-21,23-25H,1,6-19H2,(H,30,32). The molecule has 0 atom stereocenters. The highest BCUT2D eigenvalue weighted by Gasteiger charge is 2.66. The molecule has 2 spiro atoms. The van der Waals surface area contributed by atoms with Gasteiger partial charge in [0.25, 0.3) is 0 Å². The summed E-state index contributed by atoms with van der Waals surface area (Å²) in [5, 5.41) is 2.87. The number of ether oxygens (including phenoxy) is 2. The van der Waals surface area contributed by atoms with Crippen LogP contribution in [0.15, 0.2) is 24.3 Å². The Morgan fingerprint density at radius 2 is 1.69 bits per heavy atom. The second-order valence-electron chi connectivity index (χ2n) is 12.4. The topological polar surface area (TPSA) is 69.3 Å². The zero-order valence-electron chi connectivity index (χ0n) is 21.3. The third kappa shape index (κ3) is 4.26. The Balaban J connectivity index is 0.893. The number of carbonyl (C=O) groups is 1. The van der Waals surface area contributed by atoms with Crippen LogP contribution in [0.25, 0.3) is 0 Å². The highest BCUT2D eigenvalue weighted by molar-refractivity contribution is 5.78. The average Bonchev–Trinajstić information content (AvgIpc) is 3.26. The molecule has 4 bridgehead atoms. The summed E-state index contributed by atoms with van der Waals surface area (Å²) in [5.41, 5.74) is 1.37. The number of rotatable bonds is 6. The third-order valence-corrected chi connectivity index (χ3v) is 10.0. The van der Waals surface area contributed by atoms with E-state index in [-0.39, 0.29) is 5.91 Å². The molecule has 8 rings (SSSR count). The maximum Gasteiger partial charge on any atom is 0.234 e. The first-order valence-electron chi connectivity index (χ1n) is 14.4. The predicted molar refractivity (Wildman–Crippen MR) is 133 cm³/mol. The normalized spacial score (nSPS) is 41.8. The smallest absolute Gasteiger partial charge is 0.234 e. The molecule has 0 radical (unpaired) electrons. The number of hydrogen-bond acceptors (Lipinski definition) is 6. The lowest BCUT2D eigenvalue weighted by molar-refractivity contribution is -0.390. The van der Waals surface area contributed by atoms with E-state index in [0.29, 0.717) is 30.9 Å². The molecule has 7 fully saturated rings. The summed E-state index contributed by atoms with van der Waals surface area (Å²) in [7, 11) is 0. The van der Waals surface area contributed by atoms with Gasteiger partial charge < -0.3 is 14.8 Å². The first kappa shape index (κ1) is 23.4. The zero-order chi connectivity index (χ0) is 24.2. The molecule has 5 saturated carbocycles. The molecule has 2 aliphatic heterocycles. The minimum Gasteiger partial charge on any atom is -0.494 e. The molecular formula is C29H40N2O5. The van der Waals surface area contributed by atoms with Crippen molar-refractivity contribution in [3.8, 4) is 5.75 Å². The van der Waals surface area contributed by atoms with Crippen molar-refractivity contribution < 1.29 is 24.0 Å². The van der Waals surface area contributed by atoms with Crippen LogP contribution in [0.5, 0.6) is 5.75 Å². The van der Waals surface area contributed by atoms with Crippen molar-refractivity contribution in [3.63, 3.8) is 0 Å². The predicted octanol–water partition coefficient (Wildman–Crippen LogP) is 4.37. The fourth-order valence-corrected chi connectivity index (χ4v) is 8.38. The lowest BCUT2D eigenvalue weighted by atomic mass is 9.53. The Morgan fingerprint density at radius 3 is 2.39 bits per heavy atom. The van der Waals surface area contributed by atoms with E-state index in [9.17, 15) is 4.79 Å². The monoisotopic (exact) mass is 496 g/mol. The fraction of sp³-hybridized carbons (Fsp3) is 0.759. The number of piperazine rings is 1. The minimum atomic E-state index is -0.538. The summed E-state index contributed by atoms with van der Waals surface area (Å²) in [6, 6.07) is 8.64. The van der Waals surface area contributed by atoms with E-state index in [4.69, 9.17) is 19.2 Å². The molecule has 7 nitrogen and oxygen atoms in total. The summed E-state index contributed by atoms with van der Waals surface area (Å²) in [4.78, 5) is 26.0. The van der Waals surface area contributed by atoms with Crippen LogP contribution in [0.3, 0.4) is 0 Å². The molecule has 7 aliphatic rings. The first-order chi connectivity index (χ1) is 17.6. The molecule has 7 heteroatoms. The van der Waals surface area contributed by atoms with Crippen LogP contribution in [-0.2, 0) is 19.3 Å². The summed E-state index contributed by atoms with van der Waals surface area (Å²) in [5.74, 6) is 3.40. The molecule has 5 aliphatic carbocycles. The molecule has 1 N–H and O–H groups in total. The quantitative estimate of drug-likeness (QED) is 0.466. The number of amides is 1. The molecule has 1 aromatic carbocycles. The molecule has 0 unspecified atom stereocenters. The largest absolute Gasteiger partial charge is 0.494 e. The van der Waals surface area contributed by atoms with E-state index in [1.807, 2.05) is 0 Å². The van der Waals surface area contributed by atoms with Gasteiger partial charge in [0.05, 0.1) is 13.2 Å². The molecule has 0 aromatic heterocycles. The van der Waals surface area contributed by atoms with Crippen molar-refractivity contribution >= 4 is 5.91 Å². The van der Waals surface area contributed by atoms with E-state index >= 15 is 0 Å². The average molecular weight is 497 g/mol. The summed E-state index contributed by atoms with van der Waals surface area (Å²) < 4.78 is 12.8. The van der Waals surface area contributed by atoms with Crippen molar-refractivity contribution in [2.75, 3.05) is 32.8 Å². The van der Waals surface area contributed by atoms with E-state index < -0.39 is 11.6 Å². The Kier molecular flexibility index (Phi) is 6.03. The van der Waals surface area contributed by atoms with Crippen LogP contribution in [0, 0.1) is 23.7 Å². The summed E-state index contributed by atoms with van der Waals surface area (Å²) >= 11 is 0. The Morgan fingerprint density at radius 1 is 0.972 bits per heavy atom. The summed E-state index contributed by atoms with van der Waals surface area (Å²) in [6.07, 6.45) is 11.3. The Bertz CT molecular complexity index is 929. The number of hydrogen-bond donors (Lipinski definition) is 1. The van der Waals surface area contributed by atoms with Gasteiger partial charge in [-0.05, 0) is 86.8 Å². The van der Waals surface area contributed by atoms with Gasteiger partial charge in [-0.2, -0.15) is 9.78 Å².